The Morgan fingerprint density at radius 2 is 1.17 bits per heavy atom. The molecule has 0 bridgehead atoms. The zero-order valence-corrected chi connectivity index (χ0v) is 11.1. The summed E-state index contributed by atoms with van der Waals surface area (Å²) in [6.45, 7) is 1.54. The Balaban J connectivity index is 0. The fourth-order valence-corrected chi connectivity index (χ4v) is 1.50. The van der Waals surface area contributed by atoms with E-state index in [1.54, 1.807) is 4.90 Å². The van der Waals surface area contributed by atoms with Gasteiger partial charge < -0.3 is 20.4 Å². The first-order chi connectivity index (χ1) is 8.41. The number of nitrogens with zero attached hydrogens (tertiary/aromatic N) is 1. The van der Waals surface area contributed by atoms with Crippen LogP contribution in [0.1, 0.15) is 6.42 Å². The Hall–Kier alpha value is -0.290. The molecule has 0 fully saturated rings. The van der Waals surface area contributed by atoms with Gasteiger partial charge in [-0.2, -0.15) is 8.42 Å². The van der Waals surface area contributed by atoms with Crippen LogP contribution in [0.15, 0.2) is 0 Å². The number of hydrogen-bond acceptors (Lipinski definition) is 7. The van der Waals surface area contributed by atoms with Crippen LogP contribution in [0.3, 0.4) is 0 Å². The molecule has 0 unspecified atom stereocenters. The van der Waals surface area contributed by atoms with E-state index in [0.717, 1.165) is 0 Å². The maximum Gasteiger partial charge on any atom is 0.264 e. The van der Waals surface area contributed by atoms with Crippen molar-refractivity contribution < 1.29 is 33.4 Å². The smallest absolute Gasteiger partial charge is 0.264 e. The molecule has 8 nitrogen and oxygen atoms in total. The first-order valence-corrected chi connectivity index (χ1v) is 7.13. The summed E-state index contributed by atoms with van der Waals surface area (Å²) < 4.78 is 27.7. The minimum atomic E-state index is -3.85. The molecule has 5 N–H and O–H groups in total. The van der Waals surface area contributed by atoms with Gasteiger partial charge in [-0.25, -0.2) is 0 Å². The Kier molecular flexibility index (Phi) is 14.6. The first-order valence-electron chi connectivity index (χ1n) is 5.52. The molecule has 0 spiro atoms. The molecular formula is C9H23NO7S. The van der Waals surface area contributed by atoms with Gasteiger partial charge in [-0.15, -0.1) is 0 Å². The van der Waals surface area contributed by atoms with Gasteiger partial charge >= 0.3 is 0 Å². The van der Waals surface area contributed by atoms with E-state index in [4.69, 9.17) is 25.0 Å². The Morgan fingerprint density at radius 1 is 0.778 bits per heavy atom. The van der Waals surface area contributed by atoms with E-state index in [0.29, 0.717) is 19.6 Å². The van der Waals surface area contributed by atoms with Crippen LogP contribution < -0.4 is 0 Å². The van der Waals surface area contributed by atoms with Gasteiger partial charge in [-0.1, -0.05) is 0 Å². The lowest BCUT2D eigenvalue weighted by molar-refractivity contribution is 0.136. The normalized spacial score (nSPS) is 11.2. The van der Waals surface area contributed by atoms with Gasteiger partial charge in [-0.05, 0) is 6.42 Å². The summed E-state index contributed by atoms with van der Waals surface area (Å²) in [5, 5.41) is 33.5. The largest absolute Gasteiger partial charge is 0.396 e. The molecule has 0 aliphatic carbocycles. The average Bonchev–Trinajstić information content (AvgIpc) is 2.27. The molecule has 0 saturated carbocycles. The summed E-state index contributed by atoms with van der Waals surface area (Å²) in [6, 6.07) is 0. The fourth-order valence-electron chi connectivity index (χ4n) is 1.01. The van der Waals surface area contributed by atoms with E-state index in [9.17, 15) is 8.42 Å². The summed E-state index contributed by atoms with van der Waals surface area (Å²) in [6.07, 6.45) is 0.0961. The second-order valence-corrected chi connectivity index (χ2v) is 4.95. The molecule has 0 aliphatic rings. The predicted octanol–water partition coefficient (Wildman–Crippen LogP) is -2.48. The molecule has 0 aromatic rings. The van der Waals surface area contributed by atoms with Crippen molar-refractivity contribution in [3.8, 4) is 0 Å². The first kappa shape index (κ1) is 20.0. The van der Waals surface area contributed by atoms with E-state index < -0.39 is 10.1 Å². The van der Waals surface area contributed by atoms with Crippen molar-refractivity contribution in [2.24, 2.45) is 0 Å². The van der Waals surface area contributed by atoms with Gasteiger partial charge in [-0.3, -0.25) is 9.45 Å². The number of aliphatic hydroxyl groups is 4. The number of rotatable bonds is 9. The predicted molar refractivity (Wildman–Crippen MR) is 65.8 cm³/mol. The van der Waals surface area contributed by atoms with Crippen LogP contribution in [0, 0.1) is 0 Å². The van der Waals surface area contributed by atoms with Gasteiger partial charge in [0.15, 0.2) is 0 Å². The lowest BCUT2D eigenvalue weighted by atomic mass is 10.4. The third kappa shape index (κ3) is 18.1. The van der Waals surface area contributed by atoms with Crippen LogP contribution in [0.4, 0.5) is 0 Å². The summed E-state index contributed by atoms with van der Waals surface area (Å²) in [5.41, 5.74) is 0. The molecule has 0 radical (unpaired) electrons. The Morgan fingerprint density at radius 3 is 1.33 bits per heavy atom. The molecule has 18 heavy (non-hydrogen) atoms. The van der Waals surface area contributed by atoms with Crippen molar-refractivity contribution in [3.05, 3.63) is 0 Å². The molecule has 0 aromatic carbocycles. The van der Waals surface area contributed by atoms with Crippen molar-refractivity contribution in [3.63, 3.8) is 0 Å². The molecule has 112 valence electrons. The maximum absolute atomic E-state index is 9.83. The fraction of sp³-hybridized carbons (Fsp3) is 1.00. The second-order valence-electron chi connectivity index (χ2n) is 3.38. The Bertz CT molecular complexity index is 243. The standard InChI is InChI=1S/C6H15NO3.C3H8O4S/c8-4-1-7(2-5-9)3-6-10;4-2-1-3-8(5,6)7/h8-10H,1-6H2;4H,1-3H2,(H,5,6,7). The van der Waals surface area contributed by atoms with E-state index in [1.165, 1.54) is 0 Å². The molecule has 0 heterocycles. The van der Waals surface area contributed by atoms with Gasteiger partial charge in [0.1, 0.15) is 0 Å². The van der Waals surface area contributed by atoms with Gasteiger partial charge in [0.05, 0.1) is 25.6 Å². The Labute approximate surface area is 107 Å². The minimum absolute atomic E-state index is 0.0694. The van der Waals surface area contributed by atoms with Crippen LogP contribution in [0.5, 0.6) is 0 Å². The zero-order valence-electron chi connectivity index (χ0n) is 10.3. The van der Waals surface area contributed by atoms with Gasteiger partial charge in [0.25, 0.3) is 10.1 Å². The topological polar surface area (TPSA) is 139 Å². The molecule has 9 heteroatoms. The second kappa shape index (κ2) is 13.1. The highest BCUT2D eigenvalue weighted by Gasteiger charge is 2.01. The van der Waals surface area contributed by atoms with Crippen molar-refractivity contribution in [1.29, 1.82) is 0 Å². The highest BCUT2D eigenvalue weighted by Crippen LogP contribution is 1.85. The van der Waals surface area contributed by atoms with E-state index in [2.05, 4.69) is 0 Å². The summed E-state index contributed by atoms with van der Waals surface area (Å²) in [5.74, 6) is -0.358. The molecule has 0 amide bonds. The van der Waals surface area contributed by atoms with Crippen LogP contribution in [0.25, 0.3) is 0 Å². The third-order valence-electron chi connectivity index (χ3n) is 1.81. The molecule has 0 atom stereocenters. The molecule has 0 saturated heterocycles. The van der Waals surface area contributed by atoms with Crippen LogP contribution >= 0.6 is 0 Å². The van der Waals surface area contributed by atoms with Crippen molar-refractivity contribution in [2.45, 2.75) is 6.42 Å². The highest BCUT2D eigenvalue weighted by molar-refractivity contribution is 7.85. The van der Waals surface area contributed by atoms with Gasteiger partial charge in [0, 0.05) is 26.2 Å². The van der Waals surface area contributed by atoms with Crippen LogP contribution in [-0.2, 0) is 10.1 Å². The maximum atomic E-state index is 9.83. The number of aliphatic hydroxyl groups excluding tert-OH is 4. The van der Waals surface area contributed by atoms with Crippen molar-refractivity contribution in [2.75, 3.05) is 51.8 Å². The summed E-state index contributed by atoms with van der Waals surface area (Å²) in [4.78, 5) is 1.79. The van der Waals surface area contributed by atoms with Crippen LogP contribution in [0.2, 0.25) is 0 Å². The van der Waals surface area contributed by atoms with Crippen molar-refractivity contribution >= 4 is 10.1 Å². The summed E-state index contributed by atoms with van der Waals surface area (Å²) in [7, 11) is -3.85. The molecule has 0 rings (SSSR count). The number of hydrogen-bond donors (Lipinski definition) is 5. The lowest BCUT2D eigenvalue weighted by Crippen LogP contribution is -2.32. The quantitative estimate of drug-likeness (QED) is 0.294. The van der Waals surface area contributed by atoms with Gasteiger partial charge in [0.2, 0.25) is 0 Å². The van der Waals surface area contributed by atoms with Crippen LogP contribution in [-0.4, -0.2) is 90.1 Å². The molecule has 0 aromatic heterocycles. The molecular weight excluding hydrogens is 266 g/mol. The average molecular weight is 289 g/mol. The monoisotopic (exact) mass is 289 g/mol. The highest BCUT2D eigenvalue weighted by atomic mass is 32.2. The zero-order chi connectivity index (χ0) is 14.4. The molecule has 0 aliphatic heterocycles. The van der Waals surface area contributed by atoms with E-state index >= 15 is 0 Å². The van der Waals surface area contributed by atoms with E-state index in [1.807, 2.05) is 0 Å². The SMILES string of the molecule is O=S(=O)(O)CCCO.OCCN(CCO)CCO. The van der Waals surface area contributed by atoms with Crippen molar-refractivity contribution in [1.82, 2.24) is 4.90 Å². The lowest BCUT2D eigenvalue weighted by Gasteiger charge is -2.17. The van der Waals surface area contributed by atoms with E-state index in [-0.39, 0.29) is 38.6 Å². The third-order valence-corrected chi connectivity index (χ3v) is 2.61. The summed E-state index contributed by atoms with van der Waals surface area (Å²) >= 11 is 0. The minimum Gasteiger partial charge on any atom is -0.396 e.